The van der Waals surface area contributed by atoms with Gasteiger partial charge < -0.3 is 14.2 Å². The molecule has 0 aliphatic carbocycles. The van der Waals surface area contributed by atoms with Gasteiger partial charge in [-0.2, -0.15) is 5.10 Å². The van der Waals surface area contributed by atoms with Crippen molar-refractivity contribution in [3.63, 3.8) is 0 Å². The first-order chi connectivity index (χ1) is 16.2. The summed E-state index contributed by atoms with van der Waals surface area (Å²) in [6.45, 7) is 6.35. The van der Waals surface area contributed by atoms with Crippen LogP contribution in [0.2, 0.25) is 0 Å². The maximum Gasteiger partial charge on any atom is 0.347 e. The summed E-state index contributed by atoms with van der Waals surface area (Å²) in [6.07, 6.45) is 1.48. The zero-order valence-corrected chi connectivity index (χ0v) is 19.9. The lowest BCUT2D eigenvalue weighted by Gasteiger charge is -2.18. The van der Waals surface area contributed by atoms with E-state index in [-0.39, 0.29) is 17.1 Å². The van der Waals surface area contributed by atoms with E-state index < -0.39 is 5.97 Å². The predicted molar refractivity (Wildman–Crippen MR) is 131 cm³/mol. The Morgan fingerprint density at radius 2 is 1.53 bits per heavy atom. The average molecular weight is 461 g/mol. The number of esters is 1. The van der Waals surface area contributed by atoms with Gasteiger partial charge in [0.2, 0.25) is 0 Å². The highest BCUT2D eigenvalue weighted by atomic mass is 16.6. The molecule has 0 aliphatic heterocycles. The Morgan fingerprint density at radius 1 is 0.853 bits per heavy atom. The third-order valence-electron chi connectivity index (χ3n) is 5.11. The number of hydrogen-bond donors (Lipinski definition) is 1. The van der Waals surface area contributed by atoms with Crippen LogP contribution in [-0.2, 0) is 5.41 Å². The highest BCUT2D eigenvalue weighted by Crippen LogP contribution is 2.29. The standard InChI is InChI=1S/C27H28N2O5/c1-27(2,3)20-13-11-19(12-14-20)25(30)29-28-17-18-10-15-23(24(16-18)33-5)34-26(31)21-8-6-7-9-22(21)32-4/h6-17H,1-5H3,(H,29,30). The van der Waals surface area contributed by atoms with Crippen molar-refractivity contribution in [3.05, 3.63) is 89.0 Å². The number of carbonyl (C=O) groups excluding carboxylic acids is 2. The number of amides is 1. The summed E-state index contributed by atoms with van der Waals surface area (Å²) in [5, 5.41) is 4.02. The van der Waals surface area contributed by atoms with E-state index in [9.17, 15) is 9.59 Å². The molecular formula is C27H28N2O5. The first-order valence-corrected chi connectivity index (χ1v) is 10.7. The molecule has 0 radical (unpaired) electrons. The summed E-state index contributed by atoms with van der Waals surface area (Å²) in [7, 11) is 2.96. The molecule has 3 aromatic carbocycles. The van der Waals surface area contributed by atoms with Crippen LogP contribution in [0.15, 0.2) is 71.8 Å². The van der Waals surface area contributed by atoms with E-state index in [1.807, 2.05) is 12.1 Å². The Balaban J connectivity index is 1.67. The summed E-state index contributed by atoms with van der Waals surface area (Å²) in [4.78, 5) is 24.9. The number of carbonyl (C=O) groups is 2. The Labute approximate surface area is 199 Å². The molecule has 0 unspecified atom stereocenters. The fraction of sp³-hybridized carbons (Fsp3) is 0.222. The number of nitrogens with one attached hydrogen (secondary N) is 1. The van der Waals surface area contributed by atoms with Crippen molar-refractivity contribution in [2.24, 2.45) is 5.10 Å². The maximum absolute atomic E-state index is 12.6. The summed E-state index contributed by atoms with van der Waals surface area (Å²) in [5.41, 5.74) is 5.14. The van der Waals surface area contributed by atoms with Crippen LogP contribution in [-0.4, -0.2) is 32.3 Å². The number of methoxy groups -OCH3 is 2. The third-order valence-corrected chi connectivity index (χ3v) is 5.11. The van der Waals surface area contributed by atoms with Gasteiger partial charge in [0.1, 0.15) is 11.3 Å². The van der Waals surface area contributed by atoms with E-state index >= 15 is 0 Å². The van der Waals surface area contributed by atoms with Crippen LogP contribution in [0, 0.1) is 0 Å². The van der Waals surface area contributed by atoms with Crippen LogP contribution in [0.3, 0.4) is 0 Å². The van der Waals surface area contributed by atoms with Crippen molar-refractivity contribution in [2.45, 2.75) is 26.2 Å². The van der Waals surface area contributed by atoms with Crippen molar-refractivity contribution in [2.75, 3.05) is 14.2 Å². The molecule has 0 aromatic heterocycles. The molecule has 1 amide bonds. The van der Waals surface area contributed by atoms with E-state index in [4.69, 9.17) is 14.2 Å². The van der Waals surface area contributed by atoms with Gasteiger partial charge >= 0.3 is 5.97 Å². The SMILES string of the molecule is COc1cc(C=NNC(=O)c2ccc(C(C)(C)C)cc2)ccc1OC(=O)c1ccccc1OC. The summed E-state index contributed by atoms with van der Waals surface area (Å²) >= 11 is 0. The second-order valence-electron chi connectivity index (χ2n) is 8.53. The highest BCUT2D eigenvalue weighted by molar-refractivity contribution is 5.95. The fourth-order valence-electron chi connectivity index (χ4n) is 3.17. The maximum atomic E-state index is 12.6. The number of benzene rings is 3. The first kappa shape index (κ1) is 24.5. The molecule has 1 N–H and O–H groups in total. The number of hydrogen-bond acceptors (Lipinski definition) is 6. The average Bonchev–Trinajstić information content (AvgIpc) is 2.84. The molecule has 3 aromatic rings. The molecule has 0 spiro atoms. The number of nitrogens with zero attached hydrogens (tertiary/aromatic N) is 1. The second kappa shape index (κ2) is 10.7. The molecule has 176 valence electrons. The van der Waals surface area contributed by atoms with Crippen molar-refractivity contribution in [1.82, 2.24) is 5.43 Å². The second-order valence-corrected chi connectivity index (χ2v) is 8.53. The van der Waals surface area contributed by atoms with Crippen molar-refractivity contribution in [1.29, 1.82) is 0 Å². The van der Waals surface area contributed by atoms with Gasteiger partial charge in [-0.25, -0.2) is 10.2 Å². The molecule has 7 nitrogen and oxygen atoms in total. The van der Waals surface area contributed by atoms with Crippen LogP contribution < -0.4 is 19.6 Å². The van der Waals surface area contributed by atoms with E-state index in [0.717, 1.165) is 5.56 Å². The van der Waals surface area contributed by atoms with Gasteiger partial charge in [0, 0.05) is 5.56 Å². The van der Waals surface area contributed by atoms with Crippen molar-refractivity contribution >= 4 is 18.1 Å². The fourth-order valence-corrected chi connectivity index (χ4v) is 3.17. The molecule has 3 rings (SSSR count). The Hall–Kier alpha value is -4.13. The minimum absolute atomic E-state index is 0.0138. The van der Waals surface area contributed by atoms with Crippen molar-refractivity contribution in [3.8, 4) is 17.2 Å². The van der Waals surface area contributed by atoms with Gasteiger partial charge in [-0.1, -0.05) is 45.0 Å². The van der Waals surface area contributed by atoms with E-state index in [1.165, 1.54) is 20.4 Å². The van der Waals surface area contributed by atoms with Gasteiger partial charge in [-0.3, -0.25) is 4.79 Å². The predicted octanol–water partition coefficient (Wildman–Crippen LogP) is 4.98. The zero-order chi connectivity index (χ0) is 24.7. The van der Waals surface area contributed by atoms with E-state index in [2.05, 4.69) is 31.3 Å². The zero-order valence-electron chi connectivity index (χ0n) is 19.9. The molecule has 34 heavy (non-hydrogen) atoms. The highest BCUT2D eigenvalue weighted by Gasteiger charge is 2.17. The first-order valence-electron chi connectivity index (χ1n) is 10.7. The Morgan fingerprint density at radius 3 is 2.18 bits per heavy atom. The molecule has 0 bridgehead atoms. The third kappa shape index (κ3) is 6.01. The van der Waals surface area contributed by atoms with Crippen LogP contribution >= 0.6 is 0 Å². The van der Waals surface area contributed by atoms with E-state index in [1.54, 1.807) is 54.6 Å². The Kier molecular flexibility index (Phi) is 7.68. The summed E-state index contributed by atoms with van der Waals surface area (Å²) in [5.74, 6) is 0.127. The van der Waals surface area contributed by atoms with Gasteiger partial charge in [-0.15, -0.1) is 0 Å². The van der Waals surface area contributed by atoms with Crippen LogP contribution in [0.25, 0.3) is 0 Å². The van der Waals surface area contributed by atoms with Gasteiger partial charge in [0.25, 0.3) is 5.91 Å². The van der Waals surface area contributed by atoms with Crippen LogP contribution in [0.4, 0.5) is 0 Å². The lowest BCUT2D eigenvalue weighted by atomic mass is 9.87. The summed E-state index contributed by atoms with van der Waals surface area (Å²) < 4.78 is 16.1. The van der Waals surface area contributed by atoms with Crippen LogP contribution in [0.5, 0.6) is 17.2 Å². The van der Waals surface area contributed by atoms with Gasteiger partial charge in [0.05, 0.1) is 20.4 Å². The molecule has 0 heterocycles. The molecule has 0 atom stereocenters. The number of para-hydroxylation sites is 1. The molecular weight excluding hydrogens is 432 g/mol. The Bertz CT molecular complexity index is 1190. The lowest BCUT2D eigenvalue weighted by molar-refractivity contribution is 0.0726. The quantitative estimate of drug-likeness (QED) is 0.232. The normalized spacial score (nSPS) is 11.2. The van der Waals surface area contributed by atoms with E-state index in [0.29, 0.717) is 28.2 Å². The minimum Gasteiger partial charge on any atom is -0.496 e. The molecule has 0 saturated carbocycles. The number of ether oxygens (including phenoxy) is 3. The molecule has 0 saturated heterocycles. The van der Waals surface area contributed by atoms with Crippen molar-refractivity contribution < 1.29 is 23.8 Å². The number of hydrazone groups is 1. The molecule has 0 aliphatic rings. The molecule has 7 heteroatoms. The summed E-state index contributed by atoms with van der Waals surface area (Å²) in [6, 6.07) is 19.2. The smallest absolute Gasteiger partial charge is 0.347 e. The van der Waals surface area contributed by atoms with Crippen LogP contribution in [0.1, 0.15) is 52.6 Å². The monoisotopic (exact) mass is 460 g/mol. The number of rotatable bonds is 7. The van der Waals surface area contributed by atoms with Gasteiger partial charge in [0.15, 0.2) is 11.5 Å². The topological polar surface area (TPSA) is 86.2 Å². The van der Waals surface area contributed by atoms with Gasteiger partial charge in [-0.05, 0) is 59.0 Å². The minimum atomic E-state index is -0.568. The lowest BCUT2D eigenvalue weighted by Crippen LogP contribution is -2.18. The largest absolute Gasteiger partial charge is 0.496 e. The molecule has 0 fully saturated rings.